The molecule has 0 aliphatic carbocycles. The maximum Gasteiger partial charge on any atom is 0.238 e. The topological polar surface area (TPSA) is 76.9 Å². The van der Waals surface area contributed by atoms with Gasteiger partial charge >= 0.3 is 0 Å². The monoisotopic (exact) mass is 444 g/mol. The van der Waals surface area contributed by atoms with Crippen molar-refractivity contribution < 1.29 is 9.59 Å². The highest BCUT2D eigenvalue weighted by molar-refractivity contribution is 8.01. The van der Waals surface area contributed by atoms with Crippen LogP contribution in [-0.4, -0.2) is 37.5 Å². The van der Waals surface area contributed by atoms with E-state index >= 15 is 0 Å². The van der Waals surface area contributed by atoms with Crippen LogP contribution in [0, 0.1) is 0 Å². The van der Waals surface area contributed by atoms with Crippen LogP contribution in [0.15, 0.2) is 58.6 Å². The number of thioether (sulfide) groups is 2. The zero-order chi connectivity index (χ0) is 20.4. The largest absolute Gasteiger partial charge is 0.324 e. The second-order valence-corrected chi connectivity index (χ2v) is 9.10. The van der Waals surface area contributed by atoms with Crippen LogP contribution < -0.4 is 5.32 Å². The number of halogens is 1. The molecular weight excluding hydrogens is 428 g/mol. The minimum absolute atomic E-state index is 0.00459. The van der Waals surface area contributed by atoms with Crippen molar-refractivity contribution in [1.29, 1.82) is 0 Å². The van der Waals surface area contributed by atoms with Crippen LogP contribution in [0.3, 0.4) is 0 Å². The molecule has 0 saturated carbocycles. The van der Waals surface area contributed by atoms with E-state index in [1.165, 1.54) is 23.5 Å². The van der Waals surface area contributed by atoms with Gasteiger partial charge in [0.2, 0.25) is 5.91 Å². The van der Waals surface area contributed by atoms with E-state index < -0.39 is 0 Å². The fourth-order valence-electron chi connectivity index (χ4n) is 2.89. The lowest BCUT2D eigenvalue weighted by Crippen LogP contribution is -2.31. The first-order valence-electron chi connectivity index (χ1n) is 8.87. The fraction of sp³-hybridized carbons (Fsp3) is 0.200. The Morgan fingerprint density at radius 2 is 1.97 bits per heavy atom. The van der Waals surface area contributed by atoms with E-state index in [4.69, 9.17) is 11.6 Å². The third-order valence-corrected chi connectivity index (χ3v) is 7.05. The molecule has 1 aliphatic rings. The molecule has 9 heteroatoms. The molecular formula is C20H17ClN4O2S2. The van der Waals surface area contributed by atoms with Gasteiger partial charge in [-0.25, -0.2) is 0 Å². The van der Waals surface area contributed by atoms with Crippen LogP contribution in [0.1, 0.15) is 16.2 Å². The Bertz CT molecular complexity index is 1070. The predicted molar refractivity (Wildman–Crippen MR) is 116 cm³/mol. The van der Waals surface area contributed by atoms with Crippen LogP contribution in [0.2, 0.25) is 5.02 Å². The maximum absolute atomic E-state index is 12.4. The minimum atomic E-state index is -0.277. The Kier molecular flexibility index (Phi) is 5.94. The Labute approximate surface area is 181 Å². The number of hydrogen-bond acceptors (Lipinski definition) is 6. The van der Waals surface area contributed by atoms with Crippen LogP contribution >= 0.6 is 35.1 Å². The molecule has 148 valence electrons. The number of ketones is 1. The number of amides is 1. The SMILES string of the molecule is Cn1c(C[C@H]2Sc3ccccc3NC2=O)nnc1SCC(=O)c1ccc(Cl)cc1. The molecule has 4 rings (SSSR count). The van der Waals surface area contributed by atoms with E-state index in [2.05, 4.69) is 15.5 Å². The lowest BCUT2D eigenvalue weighted by Gasteiger charge is -2.23. The van der Waals surface area contributed by atoms with Gasteiger partial charge < -0.3 is 9.88 Å². The molecule has 0 fully saturated rings. The van der Waals surface area contributed by atoms with Crippen molar-refractivity contribution in [2.24, 2.45) is 7.05 Å². The number of anilines is 1. The molecule has 0 radical (unpaired) electrons. The van der Waals surface area contributed by atoms with E-state index in [9.17, 15) is 9.59 Å². The Morgan fingerprint density at radius 1 is 1.21 bits per heavy atom. The van der Waals surface area contributed by atoms with Crippen molar-refractivity contribution in [3.8, 4) is 0 Å². The van der Waals surface area contributed by atoms with Gasteiger partial charge in [0.05, 0.1) is 16.7 Å². The summed E-state index contributed by atoms with van der Waals surface area (Å²) in [5.41, 5.74) is 1.45. The number of rotatable bonds is 6. The Balaban J connectivity index is 1.40. The summed E-state index contributed by atoms with van der Waals surface area (Å²) >= 11 is 8.72. The number of carbonyl (C=O) groups excluding carboxylic acids is 2. The third kappa shape index (κ3) is 4.49. The second-order valence-electron chi connectivity index (χ2n) is 6.47. The first-order valence-corrected chi connectivity index (χ1v) is 11.1. The average molecular weight is 445 g/mol. The molecule has 2 aromatic carbocycles. The van der Waals surface area contributed by atoms with Crippen molar-refractivity contribution in [2.75, 3.05) is 11.1 Å². The second kappa shape index (κ2) is 8.61. The molecule has 0 spiro atoms. The van der Waals surface area contributed by atoms with Gasteiger partial charge in [-0.3, -0.25) is 9.59 Å². The number of fused-ring (bicyclic) bond motifs is 1. The van der Waals surface area contributed by atoms with Gasteiger partial charge in [0, 0.05) is 29.0 Å². The molecule has 1 aromatic heterocycles. The molecule has 1 aliphatic heterocycles. The van der Waals surface area contributed by atoms with Gasteiger partial charge in [-0.2, -0.15) is 0 Å². The summed E-state index contributed by atoms with van der Waals surface area (Å²) in [6.07, 6.45) is 0.458. The van der Waals surface area contributed by atoms with Gasteiger partial charge in [-0.15, -0.1) is 22.0 Å². The molecule has 6 nitrogen and oxygen atoms in total. The number of para-hydroxylation sites is 1. The van der Waals surface area contributed by atoms with E-state index in [-0.39, 0.29) is 22.7 Å². The molecule has 1 atom stereocenters. The zero-order valence-electron chi connectivity index (χ0n) is 15.5. The summed E-state index contributed by atoms with van der Waals surface area (Å²) < 4.78 is 1.84. The lowest BCUT2D eigenvalue weighted by atomic mass is 10.1. The number of aromatic nitrogens is 3. The number of hydrogen-bond donors (Lipinski definition) is 1. The van der Waals surface area contributed by atoms with E-state index in [0.29, 0.717) is 28.0 Å². The highest BCUT2D eigenvalue weighted by Crippen LogP contribution is 2.36. The summed E-state index contributed by atoms with van der Waals surface area (Å²) in [7, 11) is 1.85. The van der Waals surface area contributed by atoms with Crippen molar-refractivity contribution in [2.45, 2.75) is 21.7 Å². The van der Waals surface area contributed by atoms with E-state index in [0.717, 1.165) is 10.6 Å². The summed E-state index contributed by atoms with van der Waals surface area (Å²) in [5, 5.41) is 12.3. The summed E-state index contributed by atoms with van der Waals surface area (Å²) in [4.78, 5) is 25.8. The van der Waals surface area contributed by atoms with Gasteiger partial charge in [-0.05, 0) is 36.4 Å². The standard InChI is InChI=1S/C20H17ClN4O2S2/c1-25-18(10-17-19(27)22-14-4-2-3-5-16(14)29-17)23-24-20(25)28-11-15(26)12-6-8-13(21)9-7-12/h2-9,17H,10-11H2,1H3,(H,22,27)/t17-/m1/s1. The Morgan fingerprint density at radius 3 is 2.76 bits per heavy atom. The van der Waals surface area contributed by atoms with Crippen molar-refractivity contribution in [3.05, 3.63) is 64.9 Å². The van der Waals surface area contributed by atoms with Crippen LogP contribution in [-0.2, 0) is 18.3 Å². The predicted octanol–water partition coefficient (Wildman–Crippen LogP) is 4.10. The molecule has 1 N–H and O–H groups in total. The van der Waals surface area contributed by atoms with E-state index in [1.54, 1.807) is 24.3 Å². The zero-order valence-corrected chi connectivity index (χ0v) is 17.9. The summed E-state index contributed by atoms with van der Waals surface area (Å²) in [6, 6.07) is 14.6. The third-order valence-electron chi connectivity index (χ3n) is 4.50. The highest BCUT2D eigenvalue weighted by atomic mass is 35.5. The molecule has 0 bridgehead atoms. The quantitative estimate of drug-likeness (QED) is 0.455. The number of nitrogens with zero attached hydrogens (tertiary/aromatic N) is 3. The molecule has 29 heavy (non-hydrogen) atoms. The number of carbonyl (C=O) groups is 2. The first kappa shape index (κ1) is 20.0. The van der Waals surface area contributed by atoms with Gasteiger partial charge in [0.25, 0.3) is 0 Å². The molecule has 1 amide bonds. The molecule has 0 unspecified atom stereocenters. The summed E-state index contributed by atoms with van der Waals surface area (Å²) in [6.45, 7) is 0. The number of Topliss-reactive ketones (excluding diaryl/α,β-unsaturated/α-hetero) is 1. The first-order chi connectivity index (χ1) is 14.0. The minimum Gasteiger partial charge on any atom is -0.324 e. The number of nitrogens with one attached hydrogen (secondary N) is 1. The molecule has 3 aromatic rings. The highest BCUT2D eigenvalue weighted by Gasteiger charge is 2.28. The maximum atomic E-state index is 12.4. The fourth-order valence-corrected chi connectivity index (χ4v) is 4.95. The molecule has 2 heterocycles. The Hall–Kier alpha value is -2.29. The van der Waals surface area contributed by atoms with Crippen molar-refractivity contribution in [3.63, 3.8) is 0 Å². The van der Waals surface area contributed by atoms with Gasteiger partial charge in [0.1, 0.15) is 5.82 Å². The van der Waals surface area contributed by atoms with Crippen LogP contribution in [0.4, 0.5) is 5.69 Å². The molecule has 0 saturated heterocycles. The van der Waals surface area contributed by atoms with E-state index in [1.807, 2.05) is 35.9 Å². The van der Waals surface area contributed by atoms with Crippen LogP contribution in [0.25, 0.3) is 0 Å². The summed E-state index contributed by atoms with van der Waals surface area (Å²) in [5.74, 6) is 0.914. The normalized spacial score (nSPS) is 15.7. The van der Waals surface area contributed by atoms with Gasteiger partial charge in [-0.1, -0.05) is 35.5 Å². The van der Waals surface area contributed by atoms with Crippen molar-refractivity contribution in [1.82, 2.24) is 14.8 Å². The van der Waals surface area contributed by atoms with Gasteiger partial charge in [0.15, 0.2) is 10.9 Å². The average Bonchev–Trinajstić information content (AvgIpc) is 3.06. The van der Waals surface area contributed by atoms with Crippen molar-refractivity contribution >= 4 is 52.5 Å². The lowest BCUT2D eigenvalue weighted by molar-refractivity contribution is -0.115. The smallest absolute Gasteiger partial charge is 0.238 e. The van der Waals surface area contributed by atoms with Crippen LogP contribution in [0.5, 0.6) is 0 Å². The number of benzene rings is 2.